The van der Waals surface area contributed by atoms with E-state index in [1.165, 1.54) is 6.08 Å². The second-order valence-electron chi connectivity index (χ2n) is 4.41. The number of hydrogen-bond acceptors (Lipinski definition) is 3. The highest BCUT2D eigenvalue weighted by Crippen LogP contribution is 2.11. The Balaban J connectivity index is 1.95. The van der Waals surface area contributed by atoms with Gasteiger partial charge in [-0.3, -0.25) is 4.79 Å². The Labute approximate surface area is 128 Å². The van der Waals surface area contributed by atoms with Crippen LogP contribution in [0.25, 0.3) is 6.08 Å². The number of aliphatic hydroxyl groups excluding tert-OH is 1. The first-order valence-electron chi connectivity index (χ1n) is 6.48. The van der Waals surface area contributed by atoms with E-state index in [2.05, 4.69) is 10.3 Å². The lowest BCUT2D eigenvalue weighted by Gasteiger charge is -2.03. The molecule has 0 aliphatic rings. The van der Waals surface area contributed by atoms with Crippen molar-refractivity contribution in [2.24, 2.45) is 0 Å². The summed E-state index contributed by atoms with van der Waals surface area (Å²) in [6, 6.07) is 10.8. The summed E-state index contributed by atoms with van der Waals surface area (Å²) in [6.45, 7) is 0.114. The topological polar surface area (TPSA) is 62.2 Å². The highest BCUT2D eigenvalue weighted by atomic mass is 35.5. The van der Waals surface area contributed by atoms with Crippen molar-refractivity contribution in [2.45, 2.75) is 6.42 Å². The standard InChI is InChI=1S/C16H15ClN2O2/c17-15-11-13(7-9-18-15)3-6-16(21)19-14-4-1-12(2-5-14)8-10-20/h1-7,9,11,20H,8,10H2,(H,19,21)/b6-3+. The van der Waals surface area contributed by atoms with Gasteiger partial charge in [0, 0.05) is 24.6 Å². The number of aliphatic hydroxyl groups is 1. The number of rotatable bonds is 5. The summed E-state index contributed by atoms with van der Waals surface area (Å²) in [5, 5.41) is 12.0. The van der Waals surface area contributed by atoms with Gasteiger partial charge >= 0.3 is 0 Å². The molecule has 0 saturated carbocycles. The number of carbonyl (C=O) groups excluding carboxylic acids is 1. The summed E-state index contributed by atoms with van der Waals surface area (Å²) in [5.74, 6) is -0.224. The zero-order valence-corrected chi connectivity index (χ0v) is 12.0. The molecule has 0 saturated heterocycles. The maximum Gasteiger partial charge on any atom is 0.248 e. The van der Waals surface area contributed by atoms with E-state index in [0.717, 1.165) is 11.1 Å². The Morgan fingerprint density at radius 2 is 2.05 bits per heavy atom. The lowest BCUT2D eigenvalue weighted by atomic mass is 10.1. The molecule has 2 aromatic rings. The van der Waals surface area contributed by atoms with E-state index in [1.54, 1.807) is 36.5 Å². The van der Waals surface area contributed by atoms with E-state index in [-0.39, 0.29) is 12.5 Å². The molecule has 1 aromatic carbocycles. The van der Waals surface area contributed by atoms with Crippen LogP contribution in [-0.2, 0) is 11.2 Å². The molecule has 0 fully saturated rings. The second kappa shape index (κ2) is 7.57. The zero-order chi connectivity index (χ0) is 15.1. The monoisotopic (exact) mass is 302 g/mol. The van der Waals surface area contributed by atoms with E-state index in [9.17, 15) is 4.79 Å². The predicted octanol–water partition coefficient (Wildman–Crippen LogP) is 2.92. The molecule has 21 heavy (non-hydrogen) atoms. The number of hydrogen-bond donors (Lipinski definition) is 2. The van der Waals surface area contributed by atoms with Crippen molar-refractivity contribution in [2.75, 3.05) is 11.9 Å². The van der Waals surface area contributed by atoms with Crippen molar-refractivity contribution in [1.29, 1.82) is 0 Å². The SMILES string of the molecule is O=C(/C=C/c1ccnc(Cl)c1)Nc1ccc(CCO)cc1. The van der Waals surface area contributed by atoms with Crippen LogP contribution in [0.2, 0.25) is 5.15 Å². The van der Waals surface area contributed by atoms with Gasteiger partial charge in [0.25, 0.3) is 0 Å². The Hall–Kier alpha value is -2.17. The van der Waals surface area contributed by atoms with Crippen molar-refractivity contribution in [3.8, 4) is 0 Å². The summed E-state index contributed by atoms with van der Waals surface area (Å²) in [5.41, 5.74) is 2.54. The first-order chi connectivity index (χ1) is 10.2. The third-order valence-electron chi connectivity index (χ3n) is 2.80. The molecule has 0 bridgehead atoms. The highest BCUT2D eigenvalue weighted by Gasteiger charge is 1.99. The van der Waals surface area contributed by atoms with Gasteiger partial charge in [0.15, 0.2) is 0 Å². The van der Waals surface area contributed by atoms with E-state index in [1.807, 2.05) is 12.1 Å². The van der Waals surface area contributed by atoms with E-state index in [0.29, 0.717) is 17.3 Å². The second-order valence-corrected chi connectivity index (χ2v) is 4.79. The predicted molar refractivity (Wildman–Crippen MR) is 84.1 cm³/mol. The van der Waals surface area contributed by atoms with Gasteiger partial charge in [0.2, 0.25) is 5.91 Å². The van der Waals surface area contributed by atoms with Gasteiger partial charge < -0.3 is 10.4 Å². The molecule has 1 amide bonds. The lowest BCUT2D eigenvalue weighted by Crippen LogP contribution is -2.07. The minimum atomic E-state index is -0.224. The summed E-state index contributed by atoms with van der Waals surface area (Å²) in [4.78, 5) is 15.7. The quantitative estimate of drug-likeness (QED) is 0.659. The summed E-state index contributed by atoms with van der Waals surface area (Å²) >= 11 is 5.77. The van der Waals surface area contributed by atoms with Crippen molar-refractivity contribution >= 4 is 29.3 Å². The van der Waals surface area contributed by atoms with Gasteiger partial charge in [-0.15, -0.1) is 0 Å². The van der Waals surface area contributed by atoms with E-state index in [4.69, 9.17) is 16.7 Å². The summed E-state index contributed by atoms with van der Waals surface area (Å²) in [6.07, 6.45) is 5.30. The van der Waals surface area contributed by atoms with Crippen LogP contribution in [0.5, 0.6) is 0 Å². The average Bonchev–Trinajstić information content (AvgIpc) is 2.48. The molecule has 0 radical (unpaired) electrons. The molecular formula is C16H15ClN2O2. The molecule has 2 rings (SSSR count). The fourth-order valence-electron chi connectivity index (χ4n) is 1.76. The normalized spacial score (nSPS) is 10.8. The Morgan fingerprint density at radius 1 is 1.29 bits per heavy atom. The van der Waals surface area contributed by atoms with Gasteiger partial charge in [-0.1, -0.05) is 23.7 Å². The number of benzene rings is 1. The minimum absolute atomic E-state index is 0.114. The van der Waals surface area contributed by atoms with Gasteiger partial charge in [-0.05, 0) is 47.9 Å². The molecule has 0 atom stereocenters. The molecule has 1 aromatic heterocycles. The first kappa shape index (κ1) is 15.2. The number of carbonyl (C=O) groups is 1. The third-order valence-corrected chi connectivity index (χ3v) is 3.01. The molecular weight excluding hydrogens is 288 g/mol. The maximum atomic E-state index is 11.8. The van der Waals surface area contributed by atoms with Crippen LogP contribution in [0.3, 0.4) is 0 Å². The van der Waals surface area contributed by atoms with Crippen LogP contribution in [0.1, 0.15) is 11.1 Å². The fraction of sp³-hybridized carbons (Fsp3) is 0.125. The number of amides is 1. The molecule has 4 nitrogen and oxygen atoms in total. The maximum absolute atomic E-state index is 11.8. The molecule has 0 spiro atoms. The fourth-order valence-corrected chi connectivity index (χ4v) is 1.94. The highest BCUT2D eigenvalue weighted by molar-refractivity contribution is 6.29. The minimum Gasteiger partial charge on any atom is -0.396 e. The zero-order valence-electron chi connectivity index (χ0n) is 11.3. The third kappa shape index (κ3) is 5.02. The van der Waals surface area contributed by atoms with Crippen LogP contribution >= 0.6 is 11.6 Å². The van der Waals surface area contributed by atoms with Gasteiger partial charge in [-0.25, -0.2) is 4.98 Å². The summed E-state index contributed by atoms with van der Waals surface area (Å²) in [7, 11) is 0. The molecule has 0 aliphatic heterocycles. The van der Waals surface area contributed by atoms with Gasteiger partial charge in [0.05, 0.1) is 0 Å². The molecule has 5 heteroatoms. The van der Waals surface area contributed by atoms with Crippen LogP contribution < -0.4 is 5.32 Å². The Bertz CT molecular complexity index is 639. The Kier molecular flexibility index (Phi) is 5.49. The van der Waals surface area contributed by atoms with Crippen LogP contribution in [0, 0.1) is 0 Å². The Morgan fingerprint density at radius 3 is 2.71 bits per heavy atom. The number of nitrogens with zero attached hydrogens (tertiary/aromatic N) is 1. The summed E-state index contributed by atoms with van der Waals surface area (Å²) < 4.78 is 0. The van der Waals surface area contributed by atoms with Crippen molar-refractivity contribution in [3.63, 3.8) is 0 Å². The molecule has 0 unspecified atom stereocenters. The smallest absolute Gasteiger partial charge is 0.248 e. The molecule has 0 aliphatic carbocycles. The number of halogens is 1. The van der Waals surface area contributed by atoms with Crippen LogP contribution in [-0.4, -0.2) is 22.6 Å². The van der Waals surface area contributed by atoms with Crippen LogP contribution in [0.4, 0.5) is 5.69 Å². The van der Waals surface area contributed by atoms with Crippen molar-refractivity contribution in [1.82, 2.24) is 4.98 Å². The number of pyridine rings is 1. The van der Waals surface area contributed by atoms with E-state index < -0.39 is 0 Å². The van der Waals surface area contributed by atoms with Gasteiger partial charge in [-0.2, -0.15) is 0 Å². The number of nitrogens with one attached hydrogen (secondary N) is 1. The first-order valence-corrected chi connectivity index (χ1v) is 6.85. The van der Waals surface area contributed by atoms with Crippen LogP contribution in [0.15, 0.2) is 48.7 Å². The lowest BCUT2D eigenvalue weighted by molar-refractivity contribution is -0.111. The molecule has 2 N–H and O–H groups in total. The van der Waals surface area contributed by atoms with Gasteiger partial charge in [0.1, 0.15) is 5.15 Å². The molecule has 108 valence electrons. The van der Waals surface area contributed by atoms with Crippen molar-refractivity contribution < 1.29 is 9.90 Å². The number of anilines is 1. The average molecular weight is 303 g/mol. The largest absolute Gasteiger partial charge is 0.396 e. The van der Waals surface area contributed by atoms with Crippen molar-refractivity contribution in [3.05, 3.63) is 65.0 Å². The molecule has 1 heterocycles. The number of aromatic nitrogens is 1. The van der Waals surface area contributed by atoms with E-state index >= 15 is 0 Å².